The summed E-state index contributed by atoms with van der Waals surface area (Å²) < 4.78 is 0. The number of anilines is 1. The first-order valence-electron chi connectivity index (χ1n) is 2.58. The maximum Gasteiger partial charge on any atom is 0.141 e. The molecule has 0 unspecified atom stereocenters. The normalized spacial score (nSPS) is 9.89. The molecule has 0 saturated carbocycles. The molecule has 0 bridgehead atoms. The van der Waals surface area contributed by atoms with Gasteiger partial charge in [0, 0.05) is 16.4 Å². The number of rotatable bonds is 0. The SMILES string of the molecule is Nc1nccc([SiH3])c1Cl. The topological polar surface area (TPSA) is 38.9 Å². The molecular formula is C5H7ClN2Si. The molecule has 0 amide bonds. The fraction of sp³-hybridized carbons (Fsp3) is 0. The molecule has 0 fully saturated rings. The van der Waals surface area contributed by atoms with E-state index in [1.165, 1.54) is 0 Å². The van der Waals surface area contributed by atoms with Crippen LogP contribution in [-0.4, -0.2) is 15.2 Å². The van der Waals surface area contributed by atoms with E-state index in [4.69, 9.17) is 17.3 Å². The van der Waals surface area contributed by atoms with Crippen molar-refractivity contribution in [3.63, 3.8) is 0 Å². The predicted molar refractivity (Wildman–Crippen MR) is 43.2 cm³/mol. The van der Waals surface area contributed by atoms with Crippen LogP contribution in [0.3, 0.4) is 0 Å². The number of aromatic nitrogens is 1. The lowest BCUT2D eigenvalue weighted by Gasteiger charge is -1.97. The van der Waals surface area contributed by atoms with Crippen molar-refractivity contribution in [3.8, 4) is 0 Å². The van der Waals surface area contributed by atoms with Gasteiger partial charge >= 0.3 is 0 Å². The van der Waals surface area contributed by atoms with Crippen LogP contribution in [0.5, 0.6) is 0 Å². The molecule has 0 spiro atoms. The average Bonchev–Trinajstić information content (AvgIpc) is 1.83. The van der Waals surface area contributed by atoms with Gasteiger partial charge in [-0.3, -0.25) is 0 Å². The number of hydrogen-bond acceptors (Lipinski definition) is 2. The molecule has 0 aliphatic rings. The standard InChI is InChI=1S/C5H7ClN2Si/c6-4-3(9)1-2-8-5(4)7/h1-2H,9H3,(H2,7,8). The summed E-state index contributed by atoms with van der Waals surface area (Å²) in [5, 5.41) is 1.72. The number of nitrogens with two attached hydrogens (primary N) is 1. The Morgan fingerprint density at radius 1 is 1.67 bits per heavy atom. The molecule has 9 heavy (non-hydrogen) atoms. The van der Waals surface area contributed by atoms with Gasteiger partial charge in [-0.2, -0.15) is 0 Å². The molecule has 2 nitrogen and oxygen atoms in total. The second-order valence-corrected chi connectivity index (χ2v) is 3.28. The van der Waals surface area contributed by atoms with Gasteiger partial charge in [-0.1, -0.05) is 11.6 Å². The molecule has 0 aliphatic heterocycles. The number of halogens is 1. The fourth-order valence-electron chi connectivity index (χ4n) is 0.561. The zero-order valence-corrected chi connectivity index (χ0v) is 7.81. The Bertz CT molecular complexity index is 206. The lowest BCUT2D eigenvalue weighted by Crippen LogP contribution is -2.07. The van der Waals surface area contributed by atoms with E-state index < -0.39 is 0 Å². The van der Waals surface area contributed by atoms with Crippen LogP contribution in [0.4, 0.5) is 5.82 Å². The van der Waals surface area contributed by atoms with Gasteiger partial charge in [-0.25, -0.2) is 4.98 Å². The van der Waals surface area contributed by atoms with Gasteiger partial charge in [0.25, 0.3) is 0 Å². The van der Waals surface area contributed by atoms with E-state index in [1.54, 1.807) is 6.20 Å². The van der Waals surface area contributed by atoms with Crippen molar-refractivity contribution in [1.82, 2.24) is 4.98 Å². The molecule has 1 aromatic heterocycles. The molecule has 1 rings (SSSR count). The van der Waals surface area contributed by atoms with Crippen molar-refractivity contribution < 1.29 is 0 Å². The van der Waals surface area contributed by atoms with Crippen LogP contribution < -0.4 is 10.9 Å². The van der Waals surface area contributed by atoms with Crippen LogP contribution >= 0.6 is 11.6 Å². The molecule has 0 saturated heterocycles. The molecule has 0 aromatic carbocycles. The number of hydrogen-bond donors (Lipinski definition) is 1. The van der Waals surface area contributed by atoms with Crippen molar-refractivity contribution in [2.45, 2.75) is 0 Å². The number of nitrogen functional groups attached to an aromatic ring is 1. The summed E-state index contributed by atoms with van der Waals surface area (Å²) >= 11 is 5.72. The lowest BCUT2D eigenvalue weighted by molar-refractivity contribution is 1.35. The van der Waals surface area contributed by atoms with Gasteiger partial charge < -0.3 is 5.73 Å². The third-order valence-electron chi connectivity index (χ3n) is 1.11. The first-order chi connectivity index (χ1) is 4.22. The van der Waals surface area contributed by atoms with Crippen molar-refractivity contribution >= 4 is 32.8 Å². The van der Waals surface area contributed by atoms with E-state index in [9.17, 15) is 0 Å². The molecule has 1 aromatic rings. The van der Waals surface area contributed by atoms with Gasteiger partial charge in [0.05, 0.1) is 5.02 Å². The first-order valence-corrected chi connectivity index (χ1v) is 3.96. The van der Waals surface area contributed by atoms with Crippen molar-refractivity contribution in [1.29, 1.82) is 0 Å². The molecular weight excluding hydrogens is 152 g/mol. The highest BCUT2D eigenvalue weighted by molar-refractivity contribution is 6.46. The molecule has 48 valence electrons. The summed E-state index contributed by atoms with van der Waals surface area (Å²) in [4.78, 5) is 3.81. The van der Waals surface area contributed by atoms with Crippen LogP contribution in [0.1, 0.15) is 0 Å². The summed E-state index contributed by atoms with van der Waals surface area (Å²) in [6.45, 7) is 0. The van der Waals surface area contributed by atoms with Gasteiger partial charge in [-0.15, -0.1) is 0 Å². The van der Waals surface area contributed by atoms with Gasteiger partial charge in [0.1, 0.15) is 5.82 Å². The van der Waals surface area contributed by atoms with Crippen LogP contribution in [0.25, 0.3) is 0 Å². The number of pyridine rings is 1. The van der Waals surface area contributed by atoms with Gasteiger partial charge in [-0.05, 0) is 11.3 Å². The smallest absolute Gasteiger partial charge is 0.141 e. The van der Waals surface area contributed by atoms with E-state index >= 15 is 0 Å². The van der Waals surface area contributed by atoms with Crippen LogP contribution in [0.15, 0.2) is 12.3 Å². The maximum atomic E-state index is 5.72. The summed E-state index contributed by atoms with van der Waals surface area (Å²) in [6, 6.07) is 1.88. The predicted octanol–water partition coefficient (Wildman–Crippen LogP) is -0.692. The van der Waals surface area contributed by atoms with Gasteiger partial charge in [0.2, 0.25) is 0 Å². The molecule has 0 atom stereocenters. The van der Waals surface area contributed by atoms with Gasteiger partial charge in [0.15, 0.2) is 0 Å². The Morgan fingerprint density at radius 3 is 2.78 bits per heavy atom. The van der Waals surface area contributed by atoms with Crippen molar-refractivity contribution in [3.05, 3.63) is 17.3 Å². The molecule has 2 N–H and O–H groups in total. The maximum absolute atomic E-state index is 5.72. The lowest BCUT2D eigenvalue weighted by atomic mass is 10.5. The highest BCUT2D eigenvalue weighted by Gasteiger charge is 1.96. The number of nitrogens with zero attached hydrogens (tertiary/aromatic N) is 1. The Labute approximate surface area is 61.5 Å². The minimum absolute atomic E-state index is 0.434. The minimum atomic E-state index is 0.434. The zero-order valence-electron chi connectivity index (χ0n) is 5.06. The minimum Gasteiger partial charge on any atom is -0.382 e. The Hall–Kier alpha value is -0.543. The summed E-state index contributed by atoms with van der Waals surface area (Å²) in [5.41, 5.74) is 5.40. The zero-order chi connectivity index (χ0) is 6.85. The Morgan fingerprint density at radius 2 is 2.33 bits per heavy atom. The monoisotopic (exact) mass is 158 g/mol. The van der Waals surface area contributed by atoms with Crippen molar-refractivity contribution in [2.75, 3.05) is 5.73 Å². The third kappa shape index (κ3) is 1.23. The van der Waals surface area contributed by atoms with Crippen LogP contribution in [0, 0.1) is 0 Å². The summed E-state index contributed by atoms with van der Waals surface area (Å²) in [6.07, 6.45) is 1.67. The van der Waals surface area contributed by atoms with E-state index in [-0.39, 0.29) is 0 Å². The highest BCUT2D eigenvalue weighted by Crippen LogP contribution is 2.09. The van der Waals surface area contributed by atoms with E-state index in [2.05, 4.69) is 4.98 Å². The largest absolute Gasteiger partial charge is 0.382 e. The van der Waals surface area contributed by atoms with Crippen molar-refractivity contribution in [2.24, 2.45) is 0 Å². The van der Waals surface area contributed by atoms with E-state index in [1.807, 2.05) is 6.07 Å². The van der Waals surface area contributed by atoms with Crippen LogP contribution in [-0.2, 0) is 0 Å². The third-order valence-corrected chi connectivity index (χ3v) is 2.75. The quantitative estimate of drug-likeness (QED) is 0.508. The summed E-state index contributed by atoms with van der Waals surface area (Å²) in [5.74, 6) is 0.434. The first kappa shape index (κ1) is 6.58. The highest BCUT2D eigenvalue weighted by atomic mass is 35.5. The van der Waals surface area contributed by atoms with Crippen LogP contribution in [0.2, 0.25) is 5.02 Å². The van der Waals surface area contributed by atoms with E-state index in [0.29, 0.717) is 10.8 Å². The van der Waals surface area contributed by atoms with E-state index in [0.717, 1.165) is 15.4 Å². The molecule has 1 heterocycles. The average molecular weight is 159 g/mol. The molecule has 0 aliphatic carbocycles. The summed E-state index contributed by atoms with van der Waals surface area (Å²) in [7, 11) is 0.923. The molecule has 0 radical (unpaired) electrons. The molecule has 4 heteroatoms. The fourth-order valence-corrected chi connectivity index (χ4v) is 1.08. The second-order valence-electron chi connectivity index (χ2n) is 1.83. The Balaban J connectivity index is 3.25. The second kappa shape index (κ2) is 2.37. The Kier molecular flexibility index (Phi) is 1.73.